The maximum absolute atomic E-state index is 14.4. The number of nitrogens with one attached hydrogen (secondary N) is 3. The standard InChI is InChI=1S/C27H35FN4O7/c1-6-26(32-24(36)30-5)21(29)22(31-18-11-16(15(3)33)10-17(28)12-18)27(38,25(26,4)37)13-39-23(35)20-14(2)8-7-9-19(20)34/h7-12,21-22,31,34,37-38H,6,13,29H2,1-5H3,(H2,30,32,36). The summed E-state index contributed by atoms with van der Waals surface area (Å²) in [6.07, 6.45) is 0.0312. The summed E-state index contributed by atoms with van der Waals surface area (Å²) in [6, 6.07) is 4.64. The van der Waals surface area contributed by atoms with E-state index in [2.05, 4.69) is 16.0 Å². The molecule has 3 rings (SSSR count). The van der Waals surface area contributed by atoms with Crippen molar-refractivity contribution in [1.82, 2.24) is 10.6 Å². The van der Waals surface area contributed by atoms with Crippen LogP contribution in [0.4, 0.5) is 14.9 Å². The maximum Gasteiger partial charge on any atom is 0.342 e. The normalized spacial score (nSPS) is 28.0. The molecule has 5 atom stereocenters. The van der Waals surface area contributed by atoms with Crippen molar-refractivity contribution in [2.75, 3.05) is 19.0 Å². The van der Waals surface area contributed by atoms with Gasteiger partial charge in [0.1, 0.15) is 29.3 Å². The molecule has 1 fully saturated rings. The molecule has 11 nitrogen and oxygen atoms in total. The van der Waals surface area contributed by atoms with Crippen molar-refractivity contribution in [3.63, 3.8) is 0 Å². The summed E-state index contributed by atoms with van der Waals surface area (Å²) in [5, 5.41) is 42.1. The molecule has 1 aliphatic rings. The first kappa shape index (κ1) is 29.8. The number of halogens is 1. The van der Waals surface area contributed by atoms with Gasteiger partial charge in [-0.25, -0.2) is 14.0 Å². The third kappa shape index (κ3) is 5.02. The lowest BCUT2D eigenvalue weighted by molar-refractivity contribution is -0.172. The van der Waals surface area contributed by atoms with Gasteiger partial charge < -0.3 is 41.7 Å². The molecule has 2 aromatic rings. The SMILES string of the molecule is CCC1(NC(=O)NC)C(N)C(Nc2cc(F)cc(C(C)=O)c2)C(O)(COC(=O)c2c(C)cccc2O)C1(C)O. The van der Waals surface area contributed by atoms with Crippen LogP contribution < -0.4 is 21.7 Å². The zero-order valence-electron chi connectivity index (χ0n) is 22.5. The lowest BCUT2D eigenvalue weighted by Crippen LogP contribution is -2.72. The fraction of sp³-hybridized carbons (Fsp3) is 0.444. The Morgan fingerprint density at radius 2 is 1.85 bits per heavy atom. The highest BCUT2D eigenvalue weighted by Crippen LogP contribution is 2.49. The number of aryl methyl sites for hydroxylation is 1. The Balaban J connectivity index is 2.10. The van der Waals surface area contributed by atoms with Crippen molar-refractivity contribution in [2.24, 2.45) is 5.73 Å². The van der Waals surface area contributed by atoms with Gasteiger partial charge in [-0.1, -0.05) is 19.1 Å². The van der Waals surface area contributed by atoms with E-state index in [9.17, 15) is 34.1 Å². The second kappa shape index (κ2) is 10.8. The highest BCUT2D eigenvalue weighted by molar-refractivity contribution is 5.95. The number of phenols is 1. The number of carbonyl (C=O) groups is 3. The van der Waals surface area contributed by atoms with Crippen LogP contribution in [-0.4, -0.2) is 75.6 Å². The summed E-state index contributed by atoms with van der Waals surface area (Å²) in [7, 11) is 1.36. The van der Waals surface area contributed by atoms with Crippen LogP contribution in [0.2, 0.25) is 0 Å². The van der Waals surface area contributed by atoms with Crippen LogP contribution in [-0.2, 0) is 4.74 Å². The quantitative estimate of drug-likeness (QED) is 0.191. The monoisotopic (exact) mass is 546 g/mol. The fourth-order valence-electron chi connectivity index (χ4n) is 5.39. The van der Waals surface area contributed by atoms with E-state index < -0.39 is 59.0 Å². The average Bonchev–Trinajstić information content (AvgIpc) is 2.98. The molecule has 2 amide bonds. The summed E-state index contributed by atoms with van der Waals surface area (Å²) in [6.45, 7) is 4.91. The highest BCUT2D eigenvalue weighted by Gasteiger charge is 2.73. The maximum atomic E-state index is 14.4. The fourth-order valence-corrected chi connectivity index (χ4v) is 5.39. The minimum Gasteiger partial charge on any atom is -0.507 e. The molecule has 0 aromatic heterocycles. The molecule has 5 unspecified atom stereocenters. The number of benzene rings is 2. The van der Waals surface area contributed by atoms with Crippen LogP contribution in [0.25, 0.3) is 0 Å². The van der Waals surface area contributed by atoms with Gasteiger partial charge in [-0.15, -0.1) is 0 Å². The molecule has 0 saturated heterocycles. The number of rotatable bonds is 8. The van der Waals surface area contributed by atoms with E-state index in [1.165, 1.54) is 33.0 Å². The molecule has 0 bridgehead atoms. The predicted molar refractivity (Wildman–Crippen MR) is 141 cm³/mol. The van der Waals surface area contributed by atoms with Gasteiger partial charge in [-0.3, -0.25) is 4.79 Å². The Labute approximate surface area is 225 Å². The molecule has 8 N–H and O–H groups in total. The second-order valence-corrected chi connectivity index (χ2v) is 10.0. The summed E-state index contributed by atoms with van der Waals surface area (Å²) in [5.74, 6) is -2.46. The number of hydrogen-bond acceptors (Lipinski definition) is 9. The molecule has 2 aromatic carbocycles. The molecular weight excluding hydrogens is 511 g/mol. The van der Waals surface area contributed by atoms with Crippen molar-refractivity contribution >= 4 is 23.5 Å². The largest absolute Gasteiger partial charge is 0.507 e. The molecule has 1 aliphatic carbocycles. The summed E-state index contributed by atoms with van der Waals surface area (Å²) < 4.78 is 19.8. The zero-order chi connectivity index (χ0) is 29.3. The van der Waals surface area contributed by atoms with Gasteiger partial charge in [0, 0.05) is 18.3 Å². The van der Waals surface area contributed by atoms with E-state index >= 15 is 0 Å². The number of urea groups is 1. The minimum atomic E-state index is -2.37. The lowest BCUT2D eigenvalue weighted by Gasteiger charge is -2.46. The van der Waals surface area contributed by atoms with Crippen molar-refractivity contribution in [2.45, 2.75) is 62.9 Å². The van der Waals surface area contributed by atoms with Gasteiger partial charge in [-0.05, 0) is 57.0 Å². The van der Waals surface area contributed by atoms with Gasteiger partial charge in [0.05, 0.1) is 17.6 Å². The molecular formula is C27H35FN4O7. The summed E-state index contributed by atoms with van der Waals surface area (Å²) >= 11 is 0. The number of aromatic hydroxyl groups is 1. The van der Waals surface area contributed by atoms with Crippen molar-refractivity contribution in [3.8, 4) is 5.75 Å². The third-order valence-electron chi connectivity index (χ3n) is 7.78. The van der Waals surface area contributed by atoms with Crippen LogP contribution in [0, 0.1) is 12.7 Å². The Morgan fingerprint density at radius 1 is 1.18 bits per heavy atom. The average molecular weight is 547 g/mol. The first-order chi connectivity index (χ1) is 18.1. The number of amides is 2. The molecule has 0 radical (unpaired) electrons. The number of hydrogen-bond donors (Lipinski definition) is 7. The molecule has 0 heterocycles. The lowest BCUT2D eigenvalue weighted by atomic mass is 9.74. The van der Waals surface area contributed by atoms with Gasteiger partial charge in [0.25, 0.3) is 0 Å². The molecule has 0 spiro atoms. The number of anilines is 1. The summed E-state index contributed by atoms with van der Waals surface area (Å²) in [4.78, 5) is 37.3. The zero-order valence-corrected chi connectivity index (χ0v) is 22.5. The van der Waals surface area contributed by atoms with E-state index in [0.29, 0.717) is 5.56 Å². The summed E-state index contributed by atoms with van der Waals surface area (Å²) in [5.41, 5.74) is 0.716. The first-order valence-corrected chi connectivity index (χ1v) is 12.4. The van der Waals surface area contributed by atoms with E-state index in [1.807, 2.05) is 0 Å². The van der Waals surface area contributed by atoms with Crippen LogP contribution in [0.3, 0.4) is 0 Å². The Kier molecular flexibility index (Phi) is 8.25. The van der Waals surface area contributed by atoms with Gasteiger partial charge in [-0.2, -0.15) is 0 Å². The van der Waals surface area contributed by atoms with Crippen LogP contribution in [0.15, 0.2) is 36.4 Å². The molecule has 1 saturated carbocycles. The van der Waals surface area contributed by atoms with Gasteiger partial charge >= 0.3 is 12.0 Å². The van der Waals surface area contributed by atoms with E-state index in [-0.39, 0.29) is 29.0 Å². The molecule has 212 valence electrons. The van der Waals surface area contributed by atoms with E-state index in [1.54, 1.807) is 26.0 Å². The minimum absolute atomic E-state index is 0.0312. The molecule has 0 aliphatic heterocycles. The Bertz CT molecular complexity index is 1270. The number of ether oxygens (including phenoxy) is 1. The van der Waals surface area contributed by atoms with Gasteiger partial charge in [0.15, 0.2) is 11.4 Å². The second-order valence-electron chi connectivity index (χ2n) is 10.0. The van der Waals surface area contributed by atoms with E-state index in [4.69, 9.17) is 10.5 Å². The van der Waals surface area contributed by atoms with Gasteiger partial charge in [0.2, 0.25) is 0 Å². The topological polar surface area (TPSA) is 183 Å². The van der Waals surface area contributed by atoms with Crippen LogP contribution in [0.1, 0.15) is 53.5 Å². The highest BCUT2D eigenvalue weighted by atomic mass is 19.1. The van der Waals surface area contributed by atoms with E-state index in [0.717, 1.165) is 12.1 Å². The number of aliphatic hydroxyl groups is 2. The van der Waals surface area contributed by atoms with Crippen molar-refractivity contribution < 1.29 is 38.8 Å². The Morgan fingerprint density at radius 3 is 2.41 bits per heavy atom. The van der Waals surface area contributed by atoms with Crippen LogP contribution in [0.5, 0.6) is 5.75 Å². The predicted octanol–water partition coefficient (Wildman–Crippen LogP) is 1.58. The Hall–Kier alpha value is -3.74. The molecule has 12 heteroatoms. The van der Waals surface area contributed by atoms with Crippen LogP contribution >= 0.6 is 0 Å². The third-order valence-corrected chi connectivity index (χ3v) is 7.78. The number of nitrogens with two attached hydrogens (primary N) is 1. The first-order valence-electron chi connectivity index (χ1n) is 12.4. The van der Waals surface area contributed by atoms with Crippen molar-refractivity contribution in [3.05, 3.63) is 58.9 Å². The van der Waals surface area contributed by atoms with Crippen molar-refractivity contribution in [1.29, 1.82) is 0 Å². The number of phenolic OH excluding ortho intramolecular Hbond substituents is 1. The number of carbonyl (C=O) groups excluding carboxylic acids is 3. The molecule has 39 heavy (non-hydrogen) atoms. The number of esters is 1. The number of Topliss-reactive ketones (excluding diaryl/α,β-unsaturated/α-hetero) is 1. The number of ketones is 1. The smallest absolute Gasteiger partial charge is 0.342 e.